The van der Waals surface area contributed by atoms with Crippen LogP contribution in [0.2, 0.25) is 0 Å². The normalized spacial score (nSPS) is 11.7. The molecule has 0 aromatic heterocycles. The maximum Gasteiger partial charge on any atom is 0.218 e. The number of carbonyl (C=O) groups is 2. The lowest BCUT2D eigenvalue weighted by Crippen LogP contribution is -2.42. The van der Waals surface area contributed by atoms with Gasteiger partial charge in [0.25, 0.3) is 0 Å². The second-order valence-corrected chi connectivity index (χ2v) is 13.7. The van der Waals surface area contributed by atoms with Gasteiger partial charge in [-0.1, -0.05) is 72.5 Å². The lowest BCUT2D eigenvalue weighted by Gasteiger charge is -2.18. The first-order chi connectivity index (χ1) is 17.3. The van der Waals surface area contributed by atoms with Gasteiger partial charge in [-0.25, -0.2) is 0 Å². The van der Waals surface area contributed by atoms with Crippen LogP contribution >= 0.6 is 0 Å². The monoisotopic (exact) mass is 508 g/mol. The van der Waals surface area contributed by atoms with Crippen molar-refractivity contribution in [2.45, 2.75) is 13.8 Å². The molecule has 0 aliphatic carbocycles. The van der Waals surface area contributed by atoms with Crippen LogP contribution in [0.1, 0.15) is 25.0 Å². The van der Waals surface area contributed by atoms with E-state index < -0.39 is 17.6 Å². The Labute approximate surface area is 218 Å². The summed E-state index contributed by atoms with van der Waals surface area (Å²) in [5.74, 6) is 6.78. The molecule has 4 nitrogen and oxygen atoms in total. The summed E-state index contributed by atoms with van der Waals surface area (Å²) in [5, 5.41) is 2.46. The highest BCUT2D eigenvalue weighted by Crippen LogP contribution is 2.03. The highest BCUT2D eigenvalue weighted by Gasteiger charge is 2.16. The summed E-state index contributed by atoms with van der Waals surface area (Å²) in [5.41, 5.74) is 8.85. The molecule has 0 saturated heterocycles. The van der Waals surface area contributed by atoms with Crippen molar-refractivity contribution in [1.82, 2.24) is 9.80 Å². The topological polar surface area (TPSA) is 40.6 Å². The molecule has 0 heterocycles. The number of hydrogen-bond donors (Lipinski definition) is 0. The summed E-state index contributed by atoms with van der Waals surface area (Å²) in [6.45, 7) is 3.18. The number of benzene rings is 3. The summed E-state index contributed by atoms with van der Waals surface area (Å²) in [6, 6.07) is 28.5. The van der Waals surface area contributed by atoms with E-state index in [-0.39, 0.29) is 11.8 Å². The molecule has 2 atom stereocenters. The van der Waals surface area contributed by atoms with E-state index in [1.54, 1.807) is 23.6 Å². The Balaban J connectivity index is 1.79. The van der Waals surface area contributed by atoms with Crippen molar-refractivity contribution < 1.29 is 9.59 Å². The summed E-state index contributed by atoms with van der Waals surface area (Å²) in [7, 11) is 0.301. The van der Waals surface area contributed by atoms with Crippen LogP contribution in [0, 0.1) is 22.9 Å². The molecule has 0 aliphatic heterocycles. The fourth-order valence-corrected chi connectivity index (χ4v) is 8.22. The number of amides is 2. The van der Waals surface area contributed by atoms with Crippen molar-refractivity contribution in [3.05, 3.63) is 96.1 Å². The van der Waals surface area contributed by atoms with Gasteiger partial charge in [-0.2, -0.15) is 0 Å². The summed E-state index contributed by atoms with van der Waals surface area (Å²) in [6.07, 6.45) is 1.35. The van der Waals surface area contributed by atoms with Crippen molar-refractivity contribution in [1.29, 1.82) is 0 Å². The highest BCUT2D eigenvalue weighted by atomic mass is 28.3. The molecule has 2 unspecified atom stereocenters. The Morgan fingerprint density at radius 1 is 0.611 bits per heavy atom. The Bertz CT molecular complexity index is 1180. The largest absolute Gasteiger partial charge is 0.348 e. The van der Waals surface area contributed by atoms with E-state index in [9.17, 15) is 9.59 Å². The minimum absolute atomic E-state index is 0.0556. The molecular formula is C30H32N2O2Si2. The van der Waals surface area contributed by atoms with Crippen LogP contribution in [0.5, 0.6) is 0 Å². The van der Waals surface area contributed by atoms with Gasteiger partial charge in [0, 0.05) is 51.4 Å². The second kappa shape index (κ2) is 13.3. The molecular weight excluding hydrogens is 477 g/mol. The van der Waals surface area contributed by atoms with Gasteiger partial charge < -0.3 is 9.80 Å². The average molecular weight is 509 g/mol. The van der Waals surface area contributed by atoms with Crippen molar-refractivity contribution >= 4 is 39.8 Å². The van der Waals surface area contributed by atoms with E-state index in [2.05, 4.69) is 47.2 Å². The Kier molecular flexibility index (Phi) is 9.88. The van der Waals surface area contributed by atoms with E-state index in [4.69, 9.17) is 0 Å². The zero-order valence-electron chi connectivity index (χ0n) is 21.4. The lowest BCUT2D eigenvalue weighted by atomic mass is 10.1. The van der Waals surface area contributed by atoms with Crippen molar-refractivity contribution in [2.75, 3.05) is 26.4 Å². The third-order valence-electron chi connectivity index (χ3n) is 6.06. The zero-order valence-corrected chi connectivity index (χ0v) is 23.7. The van der Waals surface area contributed by atoms with Gasteiger partial charge in [0.2, 0.25) is 11.8 Å². The van der Waals surface area contributed by atoms with E-state index in [0.717, 1.165) is 11.1 Å². The van der Waals surface area contributed by atoms with Crippen LogP contribution in [0.4, 0.5) is 0 Å². The quantitative estimate of drug-likeness (QED) is 0.376. The maximum absolute atomic E-state index is 11.8. The third kappa shape index (κ3) is 8.13. The van der Waals surface area contributed by atoms with Gasteiger partial charge in [0.1, 0.15) is 0 Å². The average Bonchev–Trinajstić information content (AvgIpc) is 2.90. The standard InChI is InChI=1S/C30H32N2O2Si2/c1-25(33)31(3)23-35(29-11-7-5-8-12-29)21-19-27-15-17-28(18-16-27)20-22-36(24-32(4)26(2)34)30-13-9-6-10-14-30/h5-18,35-36H,23-24H2,1-4H3. The van der Waals surface area contributed by atoms with Crippen LogP contribution in [0.15, 0.2) is 84.9 Å². The molecule has 2 amide bonds. The molecule has 0 N–H and O–H groups in total. The first-order valence-electron chi connectivity index (χ1n) is 12.0. The van der Waals surface area contributed by atoms with Crippen molar-refractivity contribution in [2.24, 2.45) is 0 Å². The molecule has 3 aromatic rings. The molecule has 6 heteroatoms. The first-order valence-corrected chi connectivity index (χ1v) is 15.9. The number of nitrogens with zero attached hydrogens (tertiary/aromatic N) is 2. The molecule has 0 aliphatic rings. The van der Waals surface area contributed by atoms with Gasteiger partial charge in [-0.15, -0.1) is 11.1 Å². The summed E-state index contributed by atoms with van der Waals surface area (Å²) >= 11 is 0. The Hall–Kier alpha value is -3.85. The van der Waals surface area contributed by atoms with Crippen LogP contribution in [0.3, 0.4) is 0 Å². The van der Waals surface area contributed by atoms with Crippen LogP contribution < -0.4 is 10.4 Å². The zero-order chi connectivity index (χ0) is 25.9. The van der Waals surface area contributed by atoms with Gasteiger partial charge in [0.15, 0.2) is 17.6 Å². The van der Waals surface area contributed by atoms with Crippen LogP contribution in [0.25, 0.3) is 0 Å². The fourth-order valence-electron chi connectivity index (χ4n) is 3.62. The highest BCUT2D eigenvalue weighted by molar-refractivity contribution is 6.81. The van der Waals surface area contributed by atoms with E-state index in [0.29, 0.717) is 12.3 Å². The minimum atomic E-state index is -1.68. The smallest absolute Gasteiger partial charge is 0.218 e. The predicted octanol–water partition coefficient (Wildman–Crippen LogP) is 1.77. The molecule has 0 saturated carbocycles. The lowest BCUT2D eigenvalue weighted by molar-refractivity contribution is -0.127. The van der Waals surface area contributed by atoms with Crippen molar-refractivity contribution in [3.63, 3.8) is 0 Å². The molecule has 0 spiro atoms. The molecule has 0 radical (unpaired) electrons. The number of hydrogen-bond acceptors (Lipinski definition) is 2. The van der Waals surface area contributed by atoms with Crippen molar-refractivity contribution in [3.8, 4) is 22.9 Å². The summed E-state index contributed by atoms with van der Waals surface area (Å²) in [4.78, 5) is 27.1. The van der Waals surface area contributed by atoms with E-state index in [1.165, 1.54) is 10.4 Å². The van der Waals surface area contributed by atoms with E-state index in [1.807, 2.05) is 74.8 Å². The molecule has 182 valence electrons. The minimum Gasteiger partial charge on any atom is -0.348 e. The van der Waals surface area contributed by atoms with Gasteiger partial charge in [0.05, 0.1) is 0 Å². The maximum atomic E-state index is 11.8. The number of rotatable bonds is 6. The molecule has 0 fully saturated rings. The third-order valence-corrected chi connectivity index (χ3v) is 11.2. The predicted molar refractivity (Wildman–Crippen MR) is 153 cm³/mol. The second-order valence-electron chi connectivity index (χ2n) is 8.84. The van der Waals surface area contributed by atoms with E-state index >= 15 is 0 Å². The van der Waals surface area contributed by atoms with Gasteiger partial charge >= 0.3 is 0 Å². The Morgan fingerprint density at radius 2 is 0.944 bits per heavy atom. The summed E-state index contributed by atoms with van der Waals surface area (Å²) < 4.78 is 0. The van der Waals surface area contributed by atoms with Crippen LogP contribution in [-0.2, 0) is 9.59 Å². The molecule has 36 heavy (non-hydrogen) atoms. The SMILES string of the molecule is CC(=O)N(C)C[SiH](C#Cc1ccc(C#C[SiH](CN(C)C(C)=O)c2ccccc2)cc1)c1ccccc1. The van der Waals surface area contributed by atoms with Gasteiger partial charge in [-0.3, -0.25) is 9.59 Å². The molecule has 3 aromatic carbocycles. The van der Waals surface area contributed by atoms with Gasteiger partial charge in [-0.05, 0) is 34.6 Å². The number of carbonyl (C=O) groups excluding carboxylic acids is 2. The first kappa shape index (κ1) is 26.8. The Morgan fingerprint density at radius 3 is 1.25 bits per heavy atom. The fraction of sp³-hybridized carbons (Fsp3) is 0.200. The van der Waals surface area contributed by atoms with Crippen LogP contribution in [-0.4, -0.2) is 65.6 Å². The molecule has 3 rings (SSSR count). The molecule has 0 bridgehead atoms.